The molecule has 5 heteroatoms. The summed E-state index contributed by atoms with van der Waals surface area (Å²) in [6.07, 6.45) is 2.10. The average Bonchev–Trinajstić information content (AvgIpc) is 2.28. The van der Waals surface area contributed by atoms with Gasteiger partial charge in [0.1, 0.15) is 17.5 Å². The highest BCUT2D eigenvalue weighted by Gasteiger charge is 2.18. The summed E-state index contributed by atoms with van der Waals surface area (Å²) in [7, 11) is 1.88. The number of hydrogen-bond acceptors (Lipinski definition) is 5. The highest BCUT2D eigenvalue weighted by molar-refractivity contribution is 7.98. The molecule has 0 atom stereocenters. The lowest BCUT2D eigenvalue weighted by Gasteiger charge is -2.18. The van der Waals surface area contributed by atoms with Crippen LogP contribution in [-0.2, 0) is 5.41 Å². The first-order valence-corrected chi connectivity index (χ1v) is 7.17. The molecule has 0 saturated heterocycles. The third kappa shape index (κ3) is 4.42. The Kier molecular flexibility index (Phi) is 5.05. The zero-order chi connectivity index (χ0) is 12.9. The van der Waals surface area contributed by atoms with Gasteiger partial charge in [0.15, 0.2) is 0 Å². The van der Waals surface area contributed by atoms with E-state index < -0.39 is 0 Å². The van der Waals surface area contributed by atoms with Crippen LogP contribution < -0.4 is 10.6 Å². The van der Waals surface area contributed by atoms with E-state index in [4.69, 9.17) is 0 Å². The van der Waals surface area contributed by atoms with Crippen molar-refractivity contribution >= 4 is 23.4 Å². The fourth-order valence-electron chi connectivity index (χ4n) is 1.28. The van der Waals surface area contributed by atoms with E-state index in [0.29, 0.717) is 0 Å². The van der Waals surface area contributed by atoms with Crippen molar-refractivity contribution in [2.75, 3.05) is 36.2 Å². The molecule has 0 amide bonds. The molecule has 0 saturated carbocycles. The Balaban J connectivity index is 2.89. The van der Waals surface area contributed by atoms with Crippen molar-refractivity contribution in [1.29, 1.82) is 0 Å². The normalized spacial score (nSPS) is 11.4. The molecule has 1 rings (SSSR count). The Labute approximate surface area is 108 Å². The predicted octanol–water partition coefficient (Wildman–Crippen LogP) is 2.59. The minimum Gasteiger partial charge on any atom is -0.373 e. The second kappa shape index (κ2) is 6.10. The molecular formula is C12H22N4S. The molecule has 0 aliphatic carbocycles. The summed E-state index contributed by atoms with van der Waals surface area (Å²) in [4.78, 5) is 9.04. The quantitative estimate of drug-likeness (QED) is 0.791. The average molecular weight is 254 g/mol. The van der Waals surface area contributed by atoms with Gasteiger partial charge in [0.25, 0.3) is 0 Å². The smallest absolute Gasteiger partial charge is 0.138 e. The van der Waals surface area contributed by atoms with Crippen molar-refractivity contribution in [1.82, 2.24) is 9.97 Å². The van der Waals surface area contributed by atoms with Crippen LogP contribution in [0.15, 0.2) is 6.07 Å². The molecule has 0 aromatic carbocycles. The van der Waals surface area contributed by atoms with Crippen LogP contribution in [-0.4, -0.2) is 35.6 Å². The van der Waals surface area contributed by atoms with Gasteiger partial charge in [-0.1, -0.05) is 20.8 Å². The standard InChI is InChI=1S/C12H22N4S/c1-12(2,3)11-15-9(13-4)8-10(16-11)14-6-7-17-5/h8H,6-7H2,1-5H3,(H2,13,14,15,16). The molecule has 0 aliphatic heterocycles. The van der Waals surface area contributed by atoms with E-state index in [2.05, 4.69) is 47.6 Å². The maximum atomic E-state index is 4.55. The van der Waals surface area contributed by atoms with Crippen molar-refractivity contribution in [3.8, 4) is 0 Å². The van der Waals surface area contributed by atoms with E-state index >= 15 is 0 Å². The van der Waals surface area contributed by atoms with Crippen LogP contribution in [0.3, 0.4) is 0 Å². The van der Waals surface area contributed by atoms with Crippen molar-refractivity contribution in [2.45, 2.75) is 26.2 Å². The van der Waals surface area contributed by atoms with Gasteiger partial charge < -0.3 is 10.6 Å². The van der Waals surface area contributed by atoms with Crippen molar-refractivity contribution in [3.63, 3.8) is 0 Å². The van der Waals surface area contributed by atoms with E-state index in [0.717, 1.165) is 29.8 Å². The molecule has 0 unspecified atom stereocenters. The molecule has 1 aromatic rings. The minimum absolute atomic E-state index is 0.0389. The van der Waals surface area contributed by atoms with E-state index in [1.807, 2.05) is 24.9 Å². The summed E-state index contributed by atoms with van der Waals surface area (Å²) in [6, 6.07) is 1.94. The Hall–Kier alpha value is -0.970. The van der Waals surface area contributed by atoms with Gasteiger partial charge in [-0.25, -0.2) is 9.97 Å². The van der Waals surface area contributed by atoms with Crippen molar-refractivity contribution in [2.24, 2.45) is 0 Å². The summed E-state index contributed by atoms with van der Waals surface area (Å²) in [6.45, 7) is 7.28. The lowest BCUT2D eigenvalue weighted by molar-refractivity contribution is 0.547. The molecule has 4 nitrogen and oxygen atoms in total. The maximum absolute atomic E-state index is 4.55. The number of nitrogens with zero attached hydrogens (tertiary/aromatic N) is 2. The topological polar surface area (TPSA) is 49.8 Å². The molecule has 0 spiro atoms. The highest BCUT2D eigenvalue weighted by atomic mass is 32.2. The van der Waals surface area contributed by atoms with Gasteiger partial charge in [-0.3, -0.25) is 0 Å². The monoisotopic (exact) mass is 254 g/mol. The van der Waals surface area contributed by atoms with Crippen molar-refractivity contribution < 1.29 is 0 Å². The van der Waals surface area contributed by atoms with Gasteiger partial charge in [0, 0.05) is 30.8 Å². The Morgan fingerprint density at radius 3 is 2.41 bits per heavy atom. The molecule has 17 heavy (non-hydrogen) atoms. The maximum Gasteiger partial charge on any atom is 0.138 e. The molecule has 0 fully saturated rings. The number of hydrogen-bond donors (Lipinski definition) is 2. The number of nitrogens with one attached hydrogen (secondary N) is 2. The summed E-state index contributed by atoms with van der Waals surface area (Å²) < 4.78 is 0. The van der Waals surface area contributed by atoms with Crippen LogP contribution in [0.1, 0.15) is 26.6 Å². The zero-order valence-corrected chi connectivity index (χ0v) is 12.1. The molecule has 1 heterocycles. The summed E-state index contributed by atoms with van der Waals surface area (Å²) >= 11 is 1.82. The van der Waals surface area contributed by atoms with Crippen LogP contribution in [0.5, 0.6) is 0 Å². The van der Waals surface area contributed by atoms with E-state index in [1.54, 1.807) is 0 Å². The first kappa shape index (κ1) is 14.1. The van der Waals surface area contributed by atoms with Gasteiger partial charge >= 0.3 is 0 Å². The van der Waals surface area contributed by atoms with Crippen LogP contribution in [0.4, 0.5) is 11.6 Å². The summed E-state index contributed by atoms with van der Waals surface area (Å²) in [5, 5.41) is 6.39. The Morgan fingerprint density at radius 1 is 1.24 bits per heavy atom. The SMILES string of the molecule is CNc1cc(NCCSC)nc(C(C)(C)C)n1. The molecule has 0 radical (unpaired) electrons. The van der Waals surface area contributed by atoms with E-state index in [9.17, 15) is 0 Å². The van der Waals surface area contributed by atoms with Crippen LogP contribution >= 0.6 is 11.8 Å². The van der Waals surface area contributed by atoms with Crippen molar-refractivity contribution in [3.05, 3.63) is 11.9 Å². The summed E-state index contributed by atoms with van der Waals surface area (Å²) in [5.41, 5.74) is -0.0389. The van der Waals surface area contributed by atoms with E-state index in [1.165, 1.54) is 0 Å². The lowest BCUT2D eigenvalue weighted by atomic mass is 9.96. The third-order valence-corrected chi connectivity index (χ3v) is 2.88. The lowest BCUT2D eigenvalue weighted by Crippen LogP contribution is -2.18. The second-order valence-electron chi connectivity index (χ2n) is 4.88. The largest absolute Gasteiger partial charge is 0.373 e. The highest BCUT2D eigenvalue weighted by Crippen LogP contribution is 2.22. The molecule has 2 N–H and O–H groups in total. The third-order valence-electron chi connectivity index (χ3n) is 2.27. The molecule has 0 aliphatic rings. The van der Waals surface area contributed by atoms with Gasteiger partial charge in [-0.2, -0.15) is 11.8 Å². The molecule has 96 valence electrons. The fourth-order valence-corrected chi connectivity index (χ4v) is 1.59. The Morgan fingerprint density at radius 2 is 1.88 bits per heavy atom. The summed E-state index contributed by atoms with van der Waals surface area (Å²) in [5.74, 6) is 3.68. The van der Waals surface area contributed by atoms with Gasteiger partial charge in [-0.15, -0.1) is 0 Å². The van der Waals surface area contributed by atoms with E-state index in [-0.39, 0.29) is 5.41 Å². The minimum atomic E-state index is -0.0389. The second-order valence-corrected chi connectivity index (χ2v) is 5.87. The zero-order valence-electron chi connectivity index (χ0n) is 11.3. The molecule has 0 bridgehead atoms. The number of thioether (sulfide) groups is 1. The first-order valence-electron chi connectivity index (χ1n) is 5.77. The van der Waals surface area contributed by atoms with Crippen LogP contribution in [0, 0.1) is 0 Å². The van der Waals surface area contributed by atoms with Gasteiger partial charge in [0.05, 0.1) is 0 Å². The van der Waals surface area contributed by atoms with Crippen LogP contribution in [0.2, 0.25) is 0 Å². The predicted molar refractivity (Wildman–Crippen MR) is 77.2 cm³/mol. The fraction of sp³-hybridized carbons (Fsp3) is 0.667. The number of aromatic nitrogens is 2. The molecule has 1 aromatic heterocycles. The molecular weight excluding hydrogens is 232 g/mol. The van der Waals surface area contributed by atoms with Crippen LogP contribution in [0.25, 0.3) is 0 Å². The Bertz CT molecular complexity index is 360. The van der Waals surface area contributed by atoms with Gasteiger partial charge in [0.2, 0.25) is 0 Å². The first-order chi connectivity index (χ1) is 7.97. The van der Waals surface area contributed by atoms with Gasteiger partial charge in [-0.05, 0) is 6.26 Å². The number of anilines is 2. The number of rotatable bonds is 5.